The smallest absolute Gasteiger partial charge is 0.245 e. The molecule has 4 aliphatic rings. The van der Waals surface area contributed by atoms with Gasteiger partial charge in [-0.1, -0.05) is 37.5 Å². The number of piperidine rings is 1. The Morgan fingerprint density at radius 2 is 1.95 bits per heavy atom. The van der Waals surface area contributed by atoms with Crippen molar-refractivity contribution in [1.29, 1.82) is 0 Å². The topological polar surface area (TPSA) is 66.1 Å². The van der Waals surface area contributed by atoms with E-state index < -0.39 is 0 Å². The third-order valence-electron chi connectivity index (χ3n) is 7.61. The third kappa shape index (κ3) is 7.05. The number of carbonyl (C=O) groups excluding carboxylic acids is 1. The lowest BCUT2D eigenvalue weighted by Gasteiger charge is -2.40. The van der Waals surface area contributed by atoms with Crippen molar-refractivity contribution in [2.75, 3.05) is 53.0 Å². The van der Waals surface area contributed by atoms with E-state index in [0.29, 0.717) is 25.8 Å². The van der Waals surface area contributed by atoms with Crippen molar-refractivity contribution in [3.05, 3.63) is 84.0 Å². The molecule has 0 aromatic carbocycles. The quantitative estimate of drug-likeness (QED) is 0.492. The number of ether oxygens (including phenoxy) is 2. The molecule has 7 nitrogen and oxygen atoms in total. The van der Waals surface area contributed by atoms with Gasteiger partial charge in [0.05, 0.1) is 13.2 Å². The van der Waals surface area contributed by atoms with E-state index in [-0.39, 0.29) is 17.9 Å². The minimum absolute atomic E-state index is 0.0650. The molecule has 2 atom stereocenters. The minimum atomic E-state index is -0.128. The summed E-state index contributed by atoms with van der Waals surface area (Å²) in [6.45, 7) is 15.5. The summed E-state index contributed by atoms with van der Waals surface area (Å²) in [4.78, 5) is 17.2. The first-order valence-corrected chi connectivity index (χ1v) is 13.4. The van der Waals surface area contributed by atoms with Gasteiger partial charge < -0.3 is 29.9 Å². The van der Waals surface area contributed by atoms with Gasteiger partial charge in [-0.25, -0.2) is 0 Å². The van der Waals surface area contributed by atoms with E-state index in [4.69, 9.17) is 9.47 Å². The van der Waals surface area contributed by atoms with Gasteiger partial charge >= 0.3 is 0 Å². The second-order valence-corrected chi connectivity index (χ2v) is 10.2. The Hall–Kier alpha value is -3.03. The Kier molecular flexibility index (Phi) is 9.47. The highest BCUT2D eigenvalue weighted by molar-refractivity contribution is 5.88. The summed E-state index contributed by atoms with van der Waals surface area (Å²) in [6, 6.07) is 0.492. The summed E-state index contributed by atoms with van der Waals surface area (Å²) in [5.41, 5.74) is 4.13. The maximum atomic E-state index is 12.7. The van der Waals surface area contributed by atoms with Crippen molar-refractivity contribution >= 4 is 5.91 Å². The van der Waals surface area contributed by atoms with Crippen molar-refractivity contribution in [1.82, 2.24) is 20.4 Å². The predicted octanol–water partition coefficient (Wildman–Crippen LogP) is 3.43. The van der Waals surface area contributed by atoms with Crippen molar-refractivity contribution in [2.24, 2.45) is 5.92 Å². The molecule has 0 saturated carbocycles. The largest absolute Gasteiger partial charge is 0.485 e. The number of fused-ring (bicyclic) bond motifs is 1. The van der Waals surface area contributed by atoms with Crippen LogP contribution in [-0.4, -0.2) is 80.8 Å². The molecule has 0 spiro atoms. The molecule has 3 heterocycles. The van der Waals surface area contributed by atoms with E-state index >= 15 is 0 Å². The van der Waals surface area contributed by atoms with Gasteiger partial charge in [0.25, 0.3) is 0 Å². The van der Waals surface area contributed by atoms with Gasteiger partial charge in [0, 0.05) is 54.6 Å². The van der Waals surface area contributed by atoms with Crippen LogP contribution >= 0.6 is 0 Å². The zero-order valence-electron chi connectivity index (χ0n) is 22.4. The van der Waals surface area contributed by atoms with E-state index in [9.17, 15) is 4.79 Å². The SMILES string of the molecule is C=C/C=C1/CC2C(NC3CCN(C)CC3)=CC=CC2O/C1=C(/C=C)CNC(=O)/C=C(\C)N1CCOCC1. The van der Waals surface area contributed by atoms with Crippen molar-refractivity contribution in [3.8, 4) is 0 Å². The van der Waals surface area contributed by atoms with Crippen LogP contribution < -0.4 is 10.6 Å². The molecule has 0 aromatic rings. The Bertz CT molecular complexity index is 1010. The molecule has 0 aromatic heterocycles. The van der Waals surface area contributed by atoms with Crippen LogP contribution in [0.4, 0.5) is 0 Å². The van der Waals surface area contributed by atoms with Gasteiger partial charge in [-0.3, -0.25) is 4.79 Å². The van der Waals surface area contributed by atoms with Crippen LogP contribution in [0.15, 0.2) is 84.0 Å². The number of nitrogens with one attached hydrogen (secondary N) is 2. The number of morpholine rings is 1. The highest BCUT2D eigenvalue weighted by atomic mass is 16.5. The molecule has 200 valence electrons. The Morgan fingerprint density at radius 3 is 2.65 bits per heavy atom. The number of rotatable bonds is 8. The fraction of sp³-hybridized carbons (Fsp3) is 0.500. The molecule has 3 saturated heterocycles. The number of carbonyl (C=O) groups is 1. The van der Waals surface area contributed by atoms with E-state index in [1.807, 2.05) is 13.0 Å². The maximum absolute atomic E-state index is 12.7. The number of nitrogens with zero attached hydrogens (tertiary/aromatic N) is 2. The van der Waals surface area contributed by atoms with Crippen LogP contribution in [0.3, 0.4) is 0 Å². The molecule has 1 aliphatic carbocycles. The van der Waals surface area contributed by atoms with E-state index in [1.165, 1.54) is 5.70 Å². The first kappa shape index (κ1) is 27.0. The molecule has 7 heteroatoms. The zero-order chi connectivity index (χ0) is 26.2. The molecule has 1 amide bonds. The van der Waals surface area contributed by atoms with E-state index in [0.717, 1.165) is 68.0 Å². The fourth-order valence-corrected chi connectivity index (χ4v) is 5.38. The van der Waals surface area contributed by atoms with Crippen molar-refractivity contribution < 1.29 is 14.3 Å². The van der Waals surface area contributed by atoms with Gasteiger partial charge in [0.15, 0.2) is 0 Å². The number of likely N-dealkylation sites (tertiary alicyclic amines) is 1. The Balaban J connectivity index is 1.44. The number of hydrogen-bond donors (Lipinski definition) is 2. The predicted molar refractivity (Wildman–Crippen MR) is 149 cm³/mol. The number of amides is 1. The normalized spacial score (nSPS) is 27.6. The van der Waals surface area contributed by atoms with Crippen LogP contribution in [-0.2, 0) is 14.3 Å². The fourth-order valence-electron chi connectivity index (χ4n) is 5.38. The van der Waals surface area contributed by atoms with Gasteiger partial charge in [-0.15, -0.1) is 0 Å². The lowest BCUT2D eigenvalue weighted by molar-refractivity contribution is -0.116. The molecule has 3 fully saturated rings. The highest BCUT2D eigenvalue weighted by Crippen LogP contribution is 2.39. The van der Waals surface area contributed by atoms with Crippen LogP contribution in [0.25, 0.3) is 0 Å². The third-order valence-corrected chi connectivity index (χ3v) is 7.61. The van der Waals surface area contributed by atoms with Crippen LogP contribution in [0.5, 0.6) is 0 Å². The lowest BCUT2D eigenvalue weighted by Crippen LogP contribution is -2.44. The first-order valence-electron chi connectivity index (χ1n) is 13.4. The molecular formula is C30H42N4O3. The zero-order valence-corrected chi connectivity index (χ0v) is 22.4. The summed E-state index contributed by atoms with van der Waals surface area (Å²) < 4.78 is 12.0. The second kappa shape index (κ2) is 13.0. The van der Waals surface area contributed by atoms with Crippen LogP contribution in [0.2, 0.25) is 0 Å². The first-order chi connectivity index (χ1) is 18.0. The lowest BCUT2D eigenvalue weighted by atomic mass is 9.83. The molecule has 3 aliphatic heterocycles. The average molecular weight is 507 g/mol. The van der Waals surface area contributed by atoms with Gasteiger partial charge in [-0.2, -0.15) is 0 Å². The molecule has 4 rings (SSSR count). The Morgan fingerprint density at radius 1 is 1.19 bits per heavy atom. The van der Waals surface area contributed by atoms with Crippen LogP contribution in [0.1, 0.15) is 26.2 Å². The van der Waals surface area contributed by atoms with Crippen molar-refractivity contribution in [2.45, 2.75) is 38.3 Å². The molecular weight excluding hydrogens is 464 g/mol. The maximum Gasteiger partial charge on any atom is 0.245 e. The highest BCUT2D eigenvalue weighted by Gasteiger charge is 2.36. The summed E-state index contributed by atoms with van der Waals surface area (Å²) >= 11 is 0. The molecule has 37 heavy (non-hydrogen) atoms. The molecule has 2 N–H and O–H groups in total. The van der Waals surface area contributed by atoms with Gasteiger partial charge in [0.2, 0.25) is 5.91 Å². The van der Waals surface area contributed by atoms with E-state index in [1.54, 1.807) is 18.2 Å². The Labute approximate surface area is 221 Å². The van der Waals surface area contributed by atoms with Crippen molar-refractivity contribution in [3.63, 3.8) is 0 Å². The molecule has 0 bridgehead atoms. The van der Waals surface area contributed by atoms with E-state index in [2.05, 4.69) is 58.9 Å². The summed E-state index contributed by atoms with van der Waals surface area (Å²) in [5, 5.41) is 6.84. The summed E-state index contributed by atoms with van der Waals surface area (Å²) in [7, 11) is 2.19. The number of allylic oxidation sites excluding steroid dienone is 6. The van der Waals surface area contributed by atoms with Crippen LogP contribution in [0, 0.1) is 5.92 Å². The van der Waals surface area contributed by atoms with Gasteiger partial charge in [-0.05, 0) is 64.0 Å². The molecule has 2 unspecified atom stereocenters. The number of hydrogen-bond acceptors (Lipinski definition) is 6. The summed E-state index contributed by atoms with van der Waals surface area (Å²) in [6.07, 6.45) is 16.7. The standard InChI is InChI=1S/C30H42N4O3/c1-5-8-24-20-26-27(32-25-11-13-33(4)14-12-25)9-7-10-28(26)37-30(24)23(6-2)21-31-29(35)19-22(3)34-15-17-36-18-16-34/h5-10,19,25-26,28,32H,1-2,11-18,20-21H2,3-4H3,(H,31,35)/b22-19+,24-8-,30-23-. The van der Waals surface area contributed by atoms with Gasteiger partial charge in [0.1, 0.15) is 11.9 Å². The second-order valence-electron chi connectivity index (χ2n) is 10.2. The summed E-state index contributed by atoms with van der Waals surface area (Å²) in [5.74, 6) is 0.881. The monoisotopic (exact) mass is 506 g/mol. The minimum Gasteiger partial charge on any atom is -0.485 e. The molecule has 0 radical (unpaired) electrons. The average Bonchev–Trinajstić information content (AvgIpc) is 2.91.